The van der Waals surface area contributed by atoms with Gasteiger partial charge in [0.1, 0.15) is 10.4 Å². The standard InChI is InChI=1S/C15H15BrN2O2/c1-9-4-6-13(20-3)11(8-9)15(19)18-12-5-7-14(16)17-10(12)2/h4-8H,1-3H3,(H,18,19). The number of aromatic nitrogens is 1. The van der Waals surface area contributed by atoms with Crippen molar-refractivity contribution >= 4 is 27.5 Å². The lowest BCUT2D eigenvalue weighted by Crippen LogP contribution is -2.14. The van der Waals surface area contributed by atoms with Gasteiger partial charge >= 0.3 is 0 Å². The van der Waals surface area contributed by atoms with Gasteiger partial charge in [-0.15, -0.1) is 0 Å². The number of aryl methyl sites for hydroxylation is 2. The molecule has 0 spiro atoms. The molecule has 0 atom stereocenters. The molecular weight excluding hydrogens is 320 g/mol. The number of benzene rings is 1. The molecule has 0 aliphatic rings. The van der Waals surface area contributed by atoms with Crippen LogP contribution in [0.4, 0.5) is 5.69 Å². The molecule has 1 heterocycles. The molecule has 0 aliphatic carbocycles. The minimum absolute atomic E-state index is 0.210. The summed E-state index contributed by atoms with van der Waals surface area (Å²) in [5, 5.41) is 2.85. The van der Waals surface area contributed by atoms with E-state index in [1.165, 1.54) is 0 Å². The van der Waals surface area contributed by atoms with E-state index in [2.05, 4.69) is 26.2 Å². The second-order valence-corrected chi connectivity index (χ2v) is 5.24. The number of hydrogen-bond donors (Lipinski definition) is 1. The molecule has 4 nitrogen and oxygen atoms in total. The molecule has 2 rings (SSSR count). The quantitative estimate of drug-likeness (QED) is 0.870. The maximum atomic E-state index is 12.4. The Bertz CT molecular complexity index is 656. The highest BCUT2D eigenvalue weighted by Gasteiger charge is 2.14. The third-order valence-corrected chi connectivity index (χ3v) is 3.34. The summed E-state index contributed by atoms with van der Waals surface area (Å²) < 4.78 is 5.96. The van der Waals surface area contributed by atoms with Gasteiger partial charge in [0.05, 0.1) is 24.1 Å². The monoisotopic (exact) mass is 334 g/mol. The number of ether oxygens (including phenoxy) is 1. The maximum absolute atomic E-state index is 12.4. The second kappa shape index (κ2) is 6.05. The van der Waals surface area contributed by atoms with Crippen LogP contribution in [0.3, 0.4) is 0 Å². The van der Waals surface area contributed by atoms with Gasteiger partial charge in [0.15, 0.2) is 0 Å². The fourth-order valence-corrected chi connectivity index (χ4v) is 2.25. The van der Waals surface area contributed by atoms with Crippen molar-refractivity contribution in [1.29, 1.82) is 0 Å². The highest BCUT2D eigenvalue weighted by Crippen LogP contribution is 2.22. The van der Waals surface area contributed by atoms with Gasteiger partial charge < -0.3 is 10.1 Å². The first-order chi connectivity index (χ1) is 9.51. The van der Waals surface area contributed by atoms with Crippen molar-refractivity contribution in [3.05, 3.63) is 51.8 Å². The van der Waals surface area contributed by atoms with Crippen LogP contribution in [0.2, 0.25) is 0 Å². The maximum Gasteiger partial charge on any atom is 0.259 e. The summed E-state index contributed by atoms with van der Waals surface area (Å²) in [6, 6.07) is 9.09. The summed E-state index contributed by atoms with van der Waals surface area (Å²) in [5.74, 6) is 0.341. The first-order valence-electron chi connectivity index (χ1n) is 6.10. The number of halogens is 1. The Morgan fingerprint density at radius 1 is 1.25 bits per heavy atom. The van der Waals surface area contributed by atoms with E-state index in [1.54, 1.807) is 25.3 Å². The zero-order chi connectivity index (χ0) is 14.7. The van der Waals surface area contributed by atoms with Crippen LogP contribution in [0.25, 0.3) is 0 Å². The fourth-order valence-electron chi connectivity index (χ4n) is 1.85. The molecule has 0 radical (unpaired) electrons. The first kappa shape index (κ1) is 14.5. The molecule has 104 valence electrons. The van der Waals surface area contributed by atoms with E-state index in [0.29, 0.717) is 17.0 Å². The predicted octanol–water partition coefficient (Wildman–Crippen LogP) is 3.72. The van der Waals surface area contributed by atoms with Gasteiger partial charge in [-0.1, -0.05) is 11.6 Å². The summed E-state index contributed by atoms with van der Waals surface area (Å²) in [7, 11) is 1.55. The zero-order valence-electron chi connectivity index (χ0n) is 11.5. The van der Waals surface area contributed by atoms with Crippen molar-refractivity contribution in [1.82, 2.24) is 4.98 Å². The van der Waals surface area contributed by atoms with Crippen molar-refractivity contribution in [3.8, 4) is 5.75 Å². The molecule has 0 saturated carbocycles. The lowest BCUT2D eigenvalue weighted by Gasteiger charge is -2.11. The van der Waals surface area contributed by atoms with E-state index in [4.69, 9.17) is 4.74 Å². The van der Waals surface area contributed by atoms with Crippen LogP contribution in [0.5, 0.6) is 5.75 Å². The number of amides is 1. The fraction of sp³-hybridized carbons (Fsp3) is 0.200. The Morgan fingerprint density at radius 3 is 2.65 bits per heavy atom. The smallest absolute Gasteiger partial charge is 0.259 e. The van der Waals surface area contributed by atoms with E-state index < -0.39 is 0 Å². The molecule has 0 unspecified atom stereocenters. The van der Waals surface area contributed by atoms with Crippen LogP contribution >= 0.6 is 15.9 Å². The van der Waals surface area contributed by atoms with Crippen molar-refractivity contribution in [2.45, 2.75) is 13.8 Å². The molecule has 0 bridgehead atoms. The lowest BCUT2D eigenvalue weighted by molar-refractivity contribution is 0.102. The average molecular weight is 335 g/mol. The Kier molecular flexibility index (Phi) is 4.39. The van der Waals surface area contributed by atoms with Crippen LogP contribution in [0.15, 0.2) is 34.9 Å². The summed E-state index contributed by atoms with van der Waals surface area (Å²) >= 11 is 3.30. The minimum Gasteiger partial charge on any atom is -0.496 e. The highest BCUT2D eigenvalue weighted by molar-refractivity contribution is 9.10. The van der Waals surface area contributed by atoms with Crippen LogP contribution in [0.1, 0.15) is 21.6 Å². The molecule has 0 fully saturated rings. The number of carbonyl (C=O) groups is 1. The number of methoxy groups -OCH3 is 1. The molecule has 20 heavy (non-hydrogen) atoms. The summed E-state index contributed by atoms with van der Waals surface area (Å²) in [6.45, 7) is 3.77. The second-order valence-electron chi connectivity index (χ2n) is 4.42. The van der Waals surface area contributed by atoms with Gasteiger partial charge in [-0.25, -0.2) is 4.98 Å². The Hall–Kier alpha value is -1.88. The molecule has 1 aromatic carbocycles. The first-order valence-corrected chi connectivity index (χ1v) is 6.89. The van der Waals surface area contributed by atoms with E-state index in [1.807, 2.05) is 26.0 Å². The molecule has 1 aromatic heterocycles. The Morgan fingerprint density at radius 2 is 2.00 bits per heavy atom. The van der Waals surface area contributed by atoms with Crippen molar-refractivity contribution in [3.63, 3.8) is 0 Å². The predicted molar refractivity (Wildman–Crippen MR) is 82.4 cm³/mol. The van der Waals surface area contributed by atoms with Gasteiger partial charge in [-0.2, -0.15) is 0 Å². The van der Waals surface area contributed by atoms with E-state index in [-0.39, 0.29) is 5.91 Å². The van der Waals surface area contributed by atoms with E-state index >= 15 is 0 Å². The number of hydrogen-bond acceptors (Lipinski definition) is 3. The molecule has 1 amide bonds. The lowest BCUT2D eigenvalue weighted by atomic mass is 10.1. The van der Waals surface area contributed by atoms with E-state index in [0.717, 1.165) is 15.9 Å². The largest absolute Gasteiger partial charge is 0.496 e. The number of carbonyl (C=O) groups excluding carboxylic acids is 1. The Labute approximate surface area is 126 Å². The average Bonchev–Trinajstić information content (AvgIpc) is 2.41. The highest BCUT2D eigenvalue weighted by atomic mass is 79.9. The van der Waals surface area contributed by atoms with Crippen LogP contribution in [0, 0.1) is 13.8 Å². The van der Waals surface area contributed by atoms with Gasteiger partial charge in [-0.05, 0) is 54.0 Å². The molecule has 2 aromatic rings. The third kappa shape index (κ3) is 3.17. The van der Waals surface area contributed by atoms with Crippen molar-refractivity contribution in [2.24, 2.45) is 0 Å². The normalized spacial score (nSPS) is 10.2. The number of nitrogens with zero attached hydrogens (tertiary/aromatic N) is 1. The van der Waals surface area contributed by atoms with Gasteiger partial charge in [0, 0.05) is 0 Å². The van der Waals surface area contributed by atoms with Gasteiger partial charge in [0.2, 0.25) is 0 Å². The molecule has 0 aliphatic heterocycles. The zero-order valence-corrected chi connectivity index (χ0v) is 13.1. The summed E-state index contributed by atoms with van der Waals surface area (Å²) in [4.78, 5) is 16.6. The Balaban J connectivity index is 2.30. The minimum atomic E-state index is -0.210. The van der Waals surface area contributed by atoms with Gasteiger partial charge in [0.25, 0.3) is 5.91 Å². The van der Waals surface area contributed by atoms with Crippen LogP contribution in [-0.2, 0) is 0 Å². The SMILES string of the molecule is COc1ccc(C)cc1C(=O)Nc1ccc(Br)nc1C. The van der Waals surface area contributed by atoms with Crippen LogP contribution < -0.4 is 10.1 Å². The third-order valence-electron chi connectivity index (χ3n) is 2.90. The van der Waals surface area contributed by atoms with Crippen LogP contribution in [-0.4, -0.2) is 18.0 Å². The number of nitrogens with one attached hydrogen (secondary N) is 1. The van der Waals surface area contributed by atoms with Crippen molar-refractivity contribution < 1.29 is 9.53 Å². The molecule has 0 saturated heterocycles. The number of rotatable bonds is 3. The number of anilines is 1. The molecule has 5 heteroatoms. The molecular formula is C15H15BrN2O2. The number of pyridine rings is 1. The van der Waals surface area contributed by atoms with E-state index in [9.17, 15) is 4.79 Å². The topological polar surface area (TPSA) is 51.2 Å². The summed E-state index contributed by atoms with van der Waals surface area (Å²) in [5.41, 5.74) is 2.94. The van der Waals surface area contributed by atoms with Crippen molar-refractivity contribution in [2.75, 3.05) is 12.4 Å². The van der Waals surface area contributed by atoms with Gasteiger partial charge in [-0.3, -0.25) is 4.79 Å². The summed E-state index contributed by atoms with van der Waals surface area (Å²) in [6.07, 6.45) is 0. The molecule has 1 N–H and O–H groups in total.